The normalized spacial score (nSPS) is 11.0. The van der Waals surface area contributed by atoms with Crippen LogP contribution in [0.5, 0.6) is 0 Å². The van der Waals surface area contributed by atoms with E-state index in [0.29, 0.717) is 13.1 Å². The highest BCUT2D eigenvalue weighted by atomic mass is 35.7. The second-order valence-electron chi connectivity index (χ2n) is 3.57. The van der Waals surface area contributed by atoms with Crippen LogP contribution in [0.1, 0.15) is 17.3 Å². The molecule has 0 aliphatic rings. The maximum atomic E-state index is 12.2. The van der Waals surface area contributed by atoms with Crippen LogP contribution in [-0.2, 0) is 9.05 Å². The van der Waals surface area contributed by atoms with Crippen molar-refractivity contribution in [3.05, 3.63) is 42.5 Å². The van der Waals surface area contributed by atoms with Crippen LogP contribution in [0, 0.1) is 0 Å². The Balaban J connectivity index is 3.25. The Labute approximate surface area is 111 Å². The lowest BCUT2D eigenvalue weighted by Gasteiger charge is -2.19. The fraction of sp³-hybridized carbons (Fsp3) is 0.250. The Hall–Kier alpha value is -1.33. The smallest absolute Gasteiger partial charge is 0.262 e. The number of benzene rings is 1. The minimum atomic E-state index is -3.94. The van der Waals surface area contributed by atoms with Gasteiger partial charge < -0.3 is 4.90 Å². The van der Waals surface area contributed by atoms with Gasteiger partial charge in [0.05, 0.1) is 10.5 Å². The predicted octanol–water partition coefficient (Wildman–Crippen LogP) is 2.26. The van der Waals surface area contributed by atoms with Crippen LogP contribution in [0.25, 0.3) is 0 Å². The summed E-state index contributed by atoms with van der Waals surface area (Å²) in [6.45, 7) is 6.18. The van der Waals surface area contributed by atoms with Crippen molar-refractivity contribution in [2.24, 2.45) is 0 Å². The molecule has 18 heavy (non-hydrogen) atoms. The molecular weight excluding hydrogens is 274 g/mol. The molecule has 0 atom stereocenters. The second-order valence-corrected chi connectivity index (χ2v) is 6.10. The van der Waals surface area contributed by atoms with Crippen LogP contribution in [0.2, 0.25) is 0 Å². The molecule has 98 valence electrons. The number of rotatable bonds is 5. The molecule has 1 aromatic carbocycles. The van der Waals surface area contributed by atoms with E-state index in [9.17, 15) is 13.2 Å². The van der Waals surface area contributed by atoms with E-state index >= 15 is 0 Å². The third-order valence-corrected chi connectivity index (χ3v) is 3.78. The van der Waals surface area contributed by atoms with Gasteiger partial charge in [0.25, 0.3) is 15.0 Å². The maximum Gasteiger partial charge on any atom is 0.262 e. The van der Waals surface area contributed by atoms with Crippen molar-refractivity contribution in [1.29, 1.82) is 0 Å². The standard InChI is InChI=1S/C12H14ClNO3S/c1-3-9-14(4-2)12(15)10-7-5-6-8-11(10)18(13,16)17/h3,5-8H,1,4,9H2,2H3. The first-order chi connectivity index (χ1) is 8.41. The highest BCUT2D eigenvalue weighted by Crippen LogP contribution is 2.21. The lowest BCUT2D eigenvalue weighted by molar-refractivity contribution is 0.0778. The van der Waals surface area contributed by atoms with Crippen molar-refractivity contribution in [2.75, 3.05) is 13.1 Å². The average Bonchev–Trinajstić information content (AvgIpc) is 2.34. The third-order valence-electron chi connectivity index (χ3n) is 2.40. The summed E-state index contributed by atoms with van der Waals surface area (Å²) in [5.74, 6) is -0.378. The minimum absolute atomic E-state index is 0.0798. The molecule has 4 nitrogen and oxygen atoms in total. The fourth-order valence-electron chi connectivity index (χ4n) is 1.54. The second kappa shape index (κ2) is 6.02. The van der Waals surface area contributed by atoms with Crippen molar-refractivity contribution in [3.63, 3.8) is 0 Å². The van der Waals surface area contributed by atoms with Crippen molar-refractivity contribution < 1.29 is 13.2 Å². The van der Waals surface area contributed by atoms with E-state index in [2.05, 4.69) is 6.58 Å². The van der Waals surface area contributed by atoms with Crippen molar-refractivity contribution in [3.8, 4) is 0 Å². The van der Waals surface area contributed by atoms with Crippen molar-refractivity contribution >= 4 is 25.6 Å². The van der Waals surface area contributed by atoms with Gasteiger partial charge in [0.1, 0.15) is 0 Å². The van der Waals surface area contributed by atoms with E-state index in [1.807, 2.05) is 0 Å². The molecule has 0 aliphatic heterocycles. The van der Waals surface area contributed by atoms with Crippen molar-refractivity contribution in [2.45, 2.75) is 11.8 Å². The first-order valence-corrected chi connectivity index (χ1v) is 7.66. The maximum absolute atomic E-state index is 12.2. The number of carbonyl (C=O) groups excluding carboxylic acids is 1. The number of likely N-dealkylation sites (N-methyl/N-ethyl adjacent to an activating group) is 1. The summed E-state index contributed by atoms with van der Waals surface area (Å²) in [5, 5.41) is 0. The molecule has 0 bridgehead atoms. The summed E-state index contributed by atoms with van der Waals surface area (Å²) in [4.78, 5) is 13.5. The molecule has 0 saturated heterocycles. The first-order valence-electron chi connectivity index (χ1n) is 5.35. The van der Waals surface area contributed by atoms with E-state index < -0.39 is 9.05 Å². The molecule has 0 spiro atoms. The number of nitrogens with zero attached hydrogens (tertiary/aromatic N) is 1. The predicted molar refractivity (Wildman–Crippen MR) is 71.3 cm³/mol. The molecule has 0 aromatic heterocycles. The van der Waals surface area contributed by atoms with Crippen LogP contribution in [0.15, 0.2) is 41.8 Å². The molecule has 1 amide bonds. The van der Waals surface area contributed by atoms with Crippen molar-refractivity contribution in [1.82, 2.24) is 4.90 Å². The Kier molecular flexibility index (Phi) is 4.93. The monoisotopic (exact) mass is 287 g/mol. The molecule has 0 saturated carbocycles. The van der Waals surface area contributed by atoms with Crippen LogP contribution in [0.4, 0.5) is 0 Å². The highest BCUT2D eigenvalue weighted by Gasteiger charge is 2.22. The zero-order valence-corrected chi connectivity index (χ0v) is 11.5. The average molecular weight is 288 g/mol. The molecule has 6 heteroatoms. The Morgan fingerprint density at radius 3 is 2.56 bits per heavy atom. The zero-order valence-electron chi connectivity index (χ0n) is 9.97. The zero-order chi connectivity index (χ0) is 13.8. The summed E-state index contributed by atoms with van der Waals surface area (Å²) in [5.41, 5.74) is 0.0798. The molecule has 0 aliphatic carbocycles. The Morgan fingerprint density at radius 2 is 2.06 bits per heavy atom. The molecule has 1 aromatic rings. The quantitative estimate of drug-likeness (QED) is 0.616. The van der Waals surface area contributed by atoms with Gasteiger partial charge in [0.2, 0.25) is 0 Å². The minimum Gasteiger partial charge on any atom is -0.335 e. The summed E-state index contributed by atoms with van der Waals surface area (Å²) in [6, 6.07) is 5.89. The summed E-state index contributed by atoms with van der Waals surface area (Å²) in [7, 11) is 1.38. The van der Waals surface area contributed by atoms with Gasteiger partial charge >= 0.3 is 0 Å². The highest BCUT2D eigenvalue weighted by molar-refractivity contribution is 8.13. The number of hydrogen-bond acceptors (Lipinski definition) is 3. The lowest BCUT2D eigenvalue weighted by Crippen LogP contribution is -2.31. The largest absolute Gasteiger partial charge is 0.335 e. The van der Waals surface area contributed by atoms with Crippen LogP contribution < -0.4 is 0 Å². The molecular formula is C12H14ClNO3S. The van der Waals surface area contributed by atoms with E-state index in [0.717, 1.165) is 0 Å². The van der Waals surface area contributed by atoms with Gasteiger partial charge in [-0.2, -0.15) is 0 Å². The van der Waals surface area contributed by atoms with E-state index in [1.54, 1.807) is 19.1 Å². The summed E-state index contributed by atoms with van der Waals surface area (Å²) < 4.78 is 22.8. The number of hydrogen-bond donors (Lipinski definition) is 0. The molecule has 0 fully saturated rings. The lowest BCUT2D eigenvalue weighted by atomic mass is 10.2. The van der Waals surface area contributed by atoms with E-state index in [4.69, 9.17) is 10.7 Å². The molecule has 1 rings (SSSR count). The van der Waals surface area contributed by atoms with E-state index in [-0.39, 0.29) is 16.4 Å². The van der Waals surface area contributed by atoms with Gasteiger partial charge in [0, 0.05) is 23.8 Å². The third kappa shape index (κ3) is 3.34. The van der Waals surface area contributed by atoms with Gasteiger partial charge in [-0.1, -0.05) is 18.2 Å². The molecule has 0 radical (unpaired) electrons. The van der Waals surface area contributed by atoms with Crippen LogP contribution in [0.3, 0.4) is 0 Å². The fourth-order valence-corrected chi connectivity index (χ4v) is 2.60. The van der Waals surface area contributed by atoms with Crippen LogP contribution in [-0.4, -0.2) is 32.3 Å². The van der Waals surface area contributed by atoms with Gasteiger partial charge in [0.15, 0.2) is 0 Å². The molecule has 0 heterocycles. The Morgan fingerprint density at radius 1 is 1.44 bits per heavy atom. The molecule has 0 unspecified atom stereocenters. The van der Waals surface area contributed by atoms with Gasteiger partial charge in [-0.15, -0.1) is 6.58 Å². The SMILES string of the molecule is C=CCN(CC)C(=O)c1ccccc1S(=O)(=O)Cl. The van der Waals surface area contributed by atoms with Crippen LogP contribution >= 0.6 is 10.7 Å². The van der Waals surface area contributed by atoms with Gasteiger partial charge in [-0.05, 0) is 19.1 Å². The first kappa shape index (κ1) is 14.7. The number of amides is 1. The topological polar surface area (TPSA) is 54.5 Å². The van der Waals surface area contributed by atoms with Gasteiger partial charge in [-0.3, -0.25) is 4.79 Å². The molecule has 0 N–H and O–H groups in total. The van der Waals surface area contributed by atoms with E-state index in [1.165, 1.54) is 23.1 Å². The van der Waals surface area contributed by atoms with Gasteiger partial charge in [-0.25, -0.2) is 8.42 Å². The number of carbonyl (C=O) groups is 1. The Bertz CT molecular complexity index is 554. The summed E-state index contributed by atoms with van der Waals surface area (Å²) in [6.07, 6.45) is 1.58. The number of halogens is 1. The summed E-state index contributed by atoms with van der Waals surface area (Å²) >= 11 is 0.